The highest BCUT2D eigenvalue weighted by Crippen LogP contribution is 2.23. The summed E-state index contributed by atoms with van der Waals surface area (Å²) >= 11 is 6.08. The molecule has 0 saturated carbocycles. The Morgan fingerprint density at radius 3 is 2.58 bits per heavy atom. The third kappa shape index (κ3) is 3.73. The van der Waals surface area contributed by atoms with Crippen LogP contribution in [0, 0.1) is 0 Å². The number of carbonyl (C=O) groups excluding carboxylic acids is 1. The second-order valence-corrected chi connectivity index (χ2v) is 4.40. The molecule has 0 atom stereocenters. The lowest BCUT2D eigenvalue weighted by atomic mass is 10.1. The number of rotatable bonds is 3. The third-order valence-electron chi connectivity index (χ3n) is 2.63. The zero-order valence-electron chi connectivity index (χ0n) is 10.5. The number of benzene rings is 2. The van der Waals surface area contributed by atoms with E-state index in [0.717, 1.165) is 12.0 Å². The van der Waals surface area contributed by atoms with Crippen LogP contribution in [-0.2, 0) is 6.42 Å². The lowest BCUT2D eigenvalue weighted by Crippen LogP contribution is -2.16. The molecule has 98 valence electrons. The van der Waals surface area contributed by atoms with Crippen molar-refractivity contribution in [2.24, 2.45) is 0 Å². The molecule has 0 aliphatic rings. The van der Waals surface area contributed by atoms with E-state index in [-0.39, 0.29) is 0 Å². The molecule has 0 aliphatic heterocycles. The van der Waals surface area contributed by atoms with E-state index < -0.39 is 6.09 Å². The number of para-hydroxylation sites is 1. The van der Waals surface area contributed by atoms with Crippen molar-refractivity contribution in [3.63, 3.8) is 0 Å². The van der Waals surface area contributed by atoms with Gasteiger partial charge in [0, 0.05) is 0 Å². The zero-order valence-corrected chi connectivity index (χ0v) is 11.3. The molecule has 0 radical (unpaired) electrons. The van der Waals surface area contributed by atoms with Crippen molar-refractivity contribution in [1.82, 2.24) is 0 Å². The smallest absolute Gasteiger partial charge is 0.410 e. The predicted octanol–water partition coefficient (Wildman–Crippen LogP) is 4.51. The van der Waals surface area contributed by atoms with Gasteiger partial charge < -0.3 is 4.74 Å². The molecule has 0 heterocycles. The zero-order chi connectivity index (χ0) is 13.7. The van der Waals surface area contributed by atoms with Crippen LogP contribution in [0.4, 0.5) is 10.5 Å². The first-order valence-corrected chi connectivity index (χ1v) is 6.39. The Morgan fingerprint density at radius 2 is 1.95 bits per heavy atom. The van der Waals surface area contributed by atoms with E-state index in [9.17, 15) is 4.79 Å². The van der Waals surface area contributed by atoms with Gasteiger partial charge in [0.25, 0.3) is 0 Å². The largest absolute Gasteiger partial charge is 0.417 e. The molecular weight excluding hydrogens is 262 g/mol. The standard InChI is InChI=1S/C15H14ClNO2/c1-2-11-8-9-14(13(16)10-11)17-15(18)19-12-6-4-3-5-7-12/h3-10H,2H2,1H3,(H,17,18). The molecule has 0 fully saturated rings. The molecule has 3 nitrogen and oxygen atoms in total. The normalized spacial score (nSPS) is 10.0. The van der Waals surface area contributed by atoms with Gasteiger partial charge in [-0.3, -0.25) is 5.32 Å². The van der Waals surface area contributed by atoms with Crippen LogP contribution in [0.1, 0.15) is 12.5 Å². The Hall–Kier alpha value is -2.00. The second kappa shape index (κ2) is 6.25. The van der Waals surface area contributed by atoms with Crippen LogP contribution in [0.5, 0.6) is 5.75 Å². The Balaban J connectivity index is 2.03. The predicted molar refractivity (Wildman–Crippen MR) is 76.9 cm³/mol. The average molecular weight is 276 g/mol. The number of hydrogen-bond acceptors (Lipinski definition) is 2. The van der Waals surface area contributed by atoms with Crippen LogP contribution in [0.2, 0.25) is 5.02 Å². The van der Waals surface area contributed by atoms with Gasteiger partial charge in [0.15, 0.2) is 0 Å². The minimum Gasteiger partial charge on any atom is -0.410 e. The van der Waals surface area contributed by atoms with E-state index >= 15 is 0 Å². The highest BCUT2D eigenvalue weighted by molar-refractivity contribution is 6.33. The lowest BCUT2D eigenvalue weighted by Gasteiger charge is -2.09. The molecule has 2 aromatic rings. The fourth-order valence-electron chi connectivity index (χ4n) is 1.61. The highest BCUT2D eigenvalue weighted by atomic mass is 35.5. The molecular formula is C15H14ClNO2. The maximum Gasteiger partial charge on any atom is 0.417 e. The summed E-state index contributed by atoms with van der Waals surface area (Å²) in [6.07, 6.45) is 0.339. The molecule has 19 heavy (non-hydrogen) atoms. The van der Waals surface area contributed by atoms with Gasteiger partial charge in [-0.25, -0.2) is 4.79 Å². The second-order valence-electron chi connectivity index (χ2n) is 4.00. The van der Waals surface area contributed by atoms with E-state index in [1.54, 1.807) is 30.3 Å². The molecule has 4 heteroatoms. The van der Waals surface area contributed by atoms with E-state index in [4.69, 9.17) is 16.3 Å². The maximum absolute atomic E-state index is 11.7. The van der Waals surface area contributed by atoms with Crippen LogP contribution < -0.4 is 10.1 Å². The number of anilines is 1. The van der Waals surface area contributed by atoms with Crippen LogP contribution in [0.25, 0.3) is 0 Å². The summed E-state index contributed by atoms with van der Waals surface area (Å²) in [5.74, 6) is 0.487. The number of aryl methyl sites for hydroxylation is 1. The minimum atomic E-state index is -0.558. The first-order valence-electron chi connectivity index (χ1n) is 6.01. The summed E-state index contributed by atoms with van der Waals surface area (Å²) in [5, 5.41) is 3.12. The number of halogens is 1. The monoisotopic (exact) mass is 275 g/mol. The fraction of sp³-hybridized carbons (Fsp3) is 0.133. The number of nitrogens with one attached hydrogen (secondary N) is 1. The summed E-state index contributed by atoms with van der Waals surface area (Å²) in [6.45, 7) is 2.04. The Kier molecular flexibility index (Phi) is 4.42. The van der Waals surface area contributed by atoms with Gasteiger partial charge in [0.05, 0.1) is 10.7 Å². The molecule has 0 aromatic heterocycles. The van der Waals surface area contributed by atoms with E-state index in [2.05, 4.69) is 5.32 Å². The van der Waals surface area contributed by atoms with Crippen LogP contribution in [0.15, 0.2) is 48.5 Å². The van der Waals surface area contributed by atoms with Crippen molar-refractivity contribution < 1.29 is 9.53 Å². The summed E-state index contributed by atoms with van der Waals surface area (Å²) in [6, 6.07) is 14.4. The van der Waals surface area contributed by atoms with Gasteiger partial charge in [0.1, 0.15) is 5.75 Å². The molecule has 0 saturated heterocycles. The topological polar surface area (TPSA) is 38.3 Å². The first kappa shape index (κ1) is 13.4. The van der Waals surface area contributed by atoms with Crippen LogP contribution in [-0.4, -0.2) is 6.09 Å². The van der Waals surface area contributed by atoms with Crippen molar-refractivity contribution in [3.8, 4) is 5.75 Å². The van der Waals surface area contributed by atoms with Crippen molar-refractivity contribution in [3.05, 3.63) is 59.1 Å². The van der Waals surface area contributed by atoms with Gasteiger partial charge in [-0.1, -0.05) is 42.8 Å². The first-order chi connectivity index (χ1) is 9.19. The summed E-state index contributed by atoms with van der Waals surface area (Å²) in [4.78, 5) is 11.7. The average Bonchev–Trinajstić information content (AvgIpc) is 2.42. The van der Waals surface area contributed by atoms with E-state index in [1.807, 2.05) is 25.1 Å². The highest BCUT2D eigenvalue weighted by Gasteiger charge is 2.08. The van der Waals surface area contributed by atoms with Gasteiger partial charge in [-0.15, -0.1) is 0 Å². The van der Waals surface area contributed by atoms with Gasteiger partial charge in [-0.2, -0.15) is 0 Å². The van der Waals surface area contributed by atoms with Crippen LogP contribution >= 0.6 is 11.6 Å². The SMILES string of the molecule is CCc1ccc(NC(=O)Oc2ccccc2)c(Cl)c1. The quantitative estimate of drug-likeness (QED) is 0.895. The summed E-state index contributed by atoms with van der Waals surface area (Å²) in [7, 11) is 0. The number of hydrogen-bond donors (Lipinski definition) is 1. The fourth-order valence-corrected chi connectivity index (χ4v) is 1.86. The number of amides is 1. The molecule has 0 unspecified atom stereocenters. The van der Waals surface area contributed by atoms with Gasteiger partial charge in [0.2, 0.25) is 0 Å². The summed E-state index contributed by atoms with van der Waals surface area (Å²) < 4.78 is 5.12. The lowest BCUT2D eigenvalue weighted by molar-refractivity contribution is 0.215. The third-order valence-corrected chi connectivity index (χ3v) is 2.94. The van der Waals surface area contributed by atoms with Crippen molar-refractivity contribution in [1.29, 1.82) is 0 Å². The molecule has 2 rings (SSSR count). The maximum atomic E-state index is 11.7. The molecule has 0 spiro atoms. The Labute approximate surface area is 117 Å². The van der Waals surface area contributed by atoms with Gasteiger partial charge in [-0.05, 0) is 36.2 Å². The van der Waals surface area contributed by atoms with Crippen molar-refractivity contribution in [2.75, 3.05) is 5.32 Å². The minimum absolute atomic E-state index is 0.487. The number of carbonyl (C=O) groups is 1. The Morgan fingerprint density at radius 1 is 1.21 bits per heavy atom. The Bertz CT molecular complexity index is 570. The molecule has 1 amide bonds. The van der Waals surface area contributed by atoms with Crippen molar-refractivity contribution in [2.45, 2.75) is 13.3 Å². The van der Waals surface area contributed by atoms with Crippen molar-refractivity contribution >= 4 is 23.4 Å². The molecule has 0 bridgehead atoms. The van der Waals surface area contributed by atoms with E-state index in [0.29, 0.717) is 16.5 Å². The van der Waals surface area contributed by atoms with E-state index in [1.165, 1.54) is 0 Å². The molecule has 1 N–H and O–H groups in total. The molecule has 0 aliphatic carbocycles. The summed E-state index contributed by atoms with van der Waals surface area (Å²) in [5.41, 5.74) is 1.66. The number of ether oxygens (including phenoxy) is 1. The van der Waals surface area contributed by atoms with Gasteiger partial charge >= 0.3 is 6.09 Å². The molecule has 2 aromatic carbocycles. The van der Waals surface area contributed by atoms with Crippen LogP contribution in [0.3, 0.4) is 0 Å².